The van der Waals surface area contributed by atoms with E-state index in [9.17, 15) is 20.0 Å². The lowest BCUT2D eigenvalue weighted by atomic mass is 10.1. The first kappa shape index (κ1) is 15.7. The number of carboxylic acid groups (broad SMARTS) is 1. The highest BCUT2D eigenvalue weighted by Gasteiger charge is 2.28. The summed E-state index contributed by atoms with van der Waals surface area (Å²) in [7, 11) is 1.35. The van der Waals surface area contributed by atoms with Gasteiger partial charge in [0, 0.05) is 5.54 Å². The van der Waals surface area contributed by atoms with E-state index in [2.05, 4.69) is 4.98 Å². The highest BCUT2D eigenvalue weighted by atomic mass is 16.6. The molecule has 1 rings (SSSR count). The molecule has 20 heavy (non-hydrogen) atoms. The van der Waals surface area contributed by atoms with Crippen LogP contribution in [0.25, 0.3) is 0 Å². The molecular formula is C12H17N3O5. The van der Waals surface area contributed by atoms with Crippen molar-refractivity contribution in [2.45, 2.75) is 32.9 Å². The van der Waals surface area contributed by atoms with Crippen molar-refractivity contribution in [3.05, 3.63) is 28.1 Å². The molecule has 110 valence electrons. The van der Waals surface area contributed by atoms with Gasteiger partial charge in [-0.15, -0.1) is 0 Å². The molecule has 1 aromatic heterocycles. The number of aromatic nitrogens is 1. The van der Waals surface area contributed by atoms with Crippen molar-refractivity contribution in [2.24, 2.45) is 0 Å². The Balaban J connectivity index is 3.13. The van der Waals surface area contributed by atoms with Crippen molar-refractivity contribution in [1.29, 1.82) is 0 Å². The van der Waals surface area contributed by atoms with Crippen LogP contribution in [0.3, 0.4) is 0 Å². The fraction of sp³-hybridized carbons (Fsp3) is 0.500. The van der Waals surface area contributed by atoms with Gasteiger partial charge >= 0.3 is 6.09 Å². The van der Waals surface area contributed by atoms with Crippen molar-refractivity contribution in [2.75, 3.05) is 7.11 Å². The number of nitrogens with zero attached hydrogens (tertiary/aromatic N) is 3. The minimum atomic E-state index is -1.10. The third-order valence-corrected chi connectivity index (χ3v) is 2.70. The maximum atomic E-state index is 11.3. The molecule has 8 heteroatoms. The van der Waals surface area contributed by atoms with Gasteiger partial charge < -0.3 is 9.84 Å². The summed E-state index contributed by atoms with van der Waals surface area (Å²) in [5.74, 6) is 0.190. The molecule has 0 spiro atoms. The number of rotatable bonds is 4. The average molecular weight is 283 g/mol. The van der Waals surface area contributed by atoms with E-state index in [-0.39, 0.29) is 18.0 Å². The van der Waals surface area contributed by atoms with Crippen LogP contribution < -0.4 is 4.74 Å². The molecule has 8 nitrogen and oxygen atoms in total. The standard InChI is InChI=1S/C12H17N3O5/c1-12(2,3)14(11(16)17)7-9-10(20-4)5-8(6-13-9)15(18)19/h5-6H,7H2,1-4H3,(H,16,17). The fourth-order valence-corrected chi connectivity index (χ4v) is 1.60. The summed E-state index contributed by atoms with van der Waals surface area (Å²) in [5.41, 5.74) is -0.501. The Morgan fingerprint density at radius 2 is 2.15 bits per heavy atom. The van der Waals surface area contributed by atoms with E-state index in [0.29, 0.717) is 5.69 Å². The van der Waals surface area contributed by atoms with Gasteiger partial charge in [-0.3, -0.25) is 15.0 Å². The molecule has 0 aliphatic rings. The Morgan fingerprint density at radius 3 is 2.55 bits per heavy atom. The van der Waals surface area contributed by atoms with Gasteiger partial charge in [0.1, 0.15) is 17.6 Å². The summed E-state index contributed by atoms with van der Waals surface area (Å²) in [5, 5.41) is 19.9. The molecule has 0 aliphatic heterocycles. The summed E-state index contributed by atoms with van der Waals surface area (Å²) in [6, 6.07) is 1.23. The van der Waals surface area contributed by atoms with Gasteiger partial charge in [-0.1, -0.05) is 0 Å². The second-order valence-electron chi connectivity index (χ2n) is 5.14. The maximum absolute atomic E-state index is 11.3. The molecule has 0 aliphatic carbocycles. The lowest BCUT2D eigenvalue weighted by Crippen LogP contribution is -2.44. The van der Waals surface area contributed by atoms with Crippen LogP contribution in [0.4, 0.5) is 10.5 Å². The normalized spacial score (nSPS) is 11.0. The van der Waals surface area contributed by atoms with Crippen molar-refractivity contribution in [3.63, 3.8) is 0 Å². The molecule has 0 saturated carbocycles. The lowest BCUT2D eigenvalue weighted by Gasteiger charge is -2.33. The van der Waals surface area contributed by atoms with Gasteiger partial charge in [0.05, 0.1) is 24.6 Å². The summed E-state index contributed by atoms with van der Waals surface area (Å²) < 4.78 is 5.04. The fourth-order valence-electron chi connectivity index (χ4n) is 1.60. The molecule has 0 radical (unpaired) electrons. The quantitative estimate of drug-likeness (QED) is 0.671. The zero-order valence-electron chi connectivity index (χ0n) is 11.8. The molecule has 1 N–H and O–H groups in total. The van der Waals surface area contributed by atoms with Crippen molar-refractivity contribution in [3.8, 4) is 5.75 Å². The monoisotopic (exact) mass is 283 g/mol. The zero-order chi connectivity index (χ0) is 15.5. The number of ether oxygens (including phenoxy) is 1. The number of nitro groups is 1. The van der Waals surface area contributed by atoms with Crippen LogP contribution in [0.2, 0.25) is 0 Å². The molecular weight excluding hydrogens is 266 g/mol. The van der Waals surface area contributed by atoms with Gasteiger partial charge in [0.25, 0.3) is 5.69 Å². The Kier molecular flexibility index (Phi) is 4.49. The van der Waals surface area contributed by atoms with Gasteiger partial charge in [0.2, 0.25) is 0 Å². The van der Waals surface area contributed by atoms with Gasteiger partial charge in [-0.2, -0.15) is 0 Å². The van der Waals surface area contributed by atoms with Crippen LogP contribution >= 0.6 is 0 Å². The number of carbonyl (C=O) groups is 1. The number of amides is 1. The van der Waals surface area contributed by atoms with Crippen molar-refractivity contribution >= 4 is 11.8 Å². The van der Waals surface area contributed by atoms with E-state index in [0.717, 1.165) is 6.20 Å². The molecule has 0 fully saturated rings. The molecule has 0 aromatic carbocycles. The van der Waals surface area contributed by atoms with E-state index in [1.165, 1.54) is 18.1 Å². The SMILES string of the molecule is COc1cc([N+](=O)[O-])cnc1CN(C(=O)O)C(C)(C)C. The molecule has 1 amide bonds. The first-order valence-corrected chi connectivity index (χ1v) is 5.84. The number of pyridine rings is 1. The smallest absolute Gasteiger partial charge is 0.408 e. The Hall–Kier alpha value is -2.38. The van der Waals surface area contributed by atoms with Gasteiger partial charge in [0.15, 0.2) is 0 Å². The third kappa shape index (κ3) is 3.56. The van der Waals surface area contributed by atoms with Gasteiger partial charge in [-0.25, -0.2) is 9.78 Å². The molecule has 1 aromatic rings. The average Bonchev–Trinajstić information content (AvgIpc) is 2.33. The van der Waals surface area contributed by atoms with Crippen LogP contribution in [0, 0.1) is 10.1 Å². The largest absolute Gasteiger partial charge is 0.495 e. The first-order chi connectivity index (χ1) is 9.16. The highest BCUT2D eigenvalue weighted by molar-refractivity contribution is 5.66. The molecule has 0 saturated heterocycles. The minimum absolute atomic E-state index is 0.0139. The van der Waals surface area contributed by atoms with E-state index < -0.39 is 16.6 Å². The second kappa shape index (κ2) is 5.72. The summed E-state index contributed by atoms with van der Waals surface area (Å²) in [6.07, 6.45) is -0.0136. The topological polar surface area (TPSA) is 106 Å². The van der Waals surface area contributed by atoms with E-state index in [4.69, 9.17) is 4.74 Å². The summed E-state index contributed by atoms with van der Waals surface area (Å²) >= 11 is 0. The first-order valence-electron chi connectivity index (χ1n) is 5.84. The van der Waals surface area contributed by atoms with Gasteiger partial charge in [-0.05, 0) is 20.8 Å². The predicted molar refractivity (Wildman–Crippen MR) is 70.8 cm³/mol. The number of hydrogen-bond acceptors (Lipinski definition) is 5. The zero-order valence-corrected chi connectivity index (χ0v) is 11.8. The number of hydrogen-bond donors (Lipinski definition) is 1. The maximum Gasteiger partial charge on any atom is 0.408 e. The van der Waals surface area contributed by atoms with E-state index in [1.54, 1.807) is 20.8 Å². The van der Waals surface area contributed by atoms with Crippen LogP contribution in [0.5, 0.6) is 5.75 Å². The predicted octanol–water partition coefficient (Wildman–Crippen LogP) is 2.28. The Labute approximate surface area is 116 Å². The van der Waals surface area contributed by atoms with Crippen LogP contribution in [0.15, 0.2) is 12.3 Å². The van der Waals surface area contributed by atoms with Crippen molar-refractivity contribution in [1.82, 2.24) is 9.88 Å². The van der Waals surface area contributed by atoms with Crippen LogP contribution in [0.1, 0.15) is 26.5 Å². The summed E-state index contributed by atoms with van der Waals surface area (Å²) in [4.78, 5) is 26.5. The van der Waals surface area contributed by atoms with Crippen molar-refractivity contribution < 1.29 is 19.6 Å². The minimum Gasteiger partial charge on any atom is -0.495 e. The highest BCUT2D eigenvalue weighted by Crippen LogP contribution is 2.25. The summed E-state index contributed by atoms with van der Waals surface area (Å²) in [6.45, 7) is 5.23. The Bertz CT molecular complexity index is 524. The second-order valence-corrected chi connectivity index (χ2v) is 5.14. The third-order valence-electron chi connectivity index (χ3n) is 2.70. The Morgan fingerprint density at radius 1 is 1.55 bits per heavy atom. The molecule has 0 unspecified atom stereocenters. The van der Waals surface area contributed by atoms with Crippen LogP contribution in [-0.4, -0.2) is 38.7 Å². The molecule has 1 heterocycles. The molecule has 0 atom stereocenters. The van der Waals surface area contributed by atoms with Crippen LogP contribution in [-0.2, 0) is 6.54 Å². The lowest BCUT2D eigenvalue weighted by molar-refractivity contribution is -0.385. The molecule has 0 bridgehead atoms. The number of methoxy groups -OCH3 is 1. The van der Waals surface area contributed by atoms with E-state index in [1.807, 2.05) is 0 Å². The van der Waals surface area contributed by atoms with E-state index >= 15 is 0 Å².